The molecule has 0 aromatic rings. The molecule has 1 fully saturated rings. The normalized spacial score (nSPS) is 23.8. The molecule has 2 unspecified atom stereocenters. The van der Waals surface area contributed by atoms with Crippen LogP contribution in [0.1, 0.15) is 46.5 Å². The first kappa shape index (κ1) is 10.0. The van der Waals surface area contributed by atoms with Crippen LogP contribution in [-0.2, 0) is 0 Å². The summed E-state index contributed by atoms with van der Waals surface area (Å²) in [6, 6.07) is 0. The molecule has 1 aliphatic carbocycles. The van der Waals surface area contributed by atoms with Gasteiger partial charge in [0.1, 0.15) is 0 Å². The third kappa shape index (κ3) is 2.48. The SMILES string of the molecule is CC(C)C(C)C(O)CC1CCC1. The van der Waals surface area contributed by atoms with E-state index in [0.29, 0.717) is 11.8 Å². The Hall–Kier alpha value is -0.0400. The summed E-state index contributed by atoms with van der Waals surface area (Å²) in [5.41, 5.74) is 0. The monoisotopic (exact) mass is 170 g/mol. The summed E-state index contributed by atoms with van der Waals surface area (Å²) >= 11 is 0. The van der Waals surface area contributed by atoms with Crippen LogP contribution in [0.3, 0.4) is 0 Å². The molecule has 1 rings (SSSR count). The minimum Gasteiger partial charge on any atom is -0.393 e. The molecule has 12 heavy (non-hydrogen) atoms. The van der Waals surface area contributed by atoms with E-state index in [1.165, 1.54) is 19.3 Å². The lowest BCUT2D eigenvalue weighted by molar-refractivity contribution is 0.0539. The van der Waals surface area contributed by atoms with Crippen LogP contribution in [-0.4, -0.2) is 11.2 Å². The van der Waals surface area contributed by atoms with E-state index in [0.717, 1.165) is 12.3 Å². The van der Waals surface area contributed by atoms with Crippen molar-refractivity contribution in [1.82, 2.24) is 0 Å². The fourth-order valence-electron chi connectivity index (χ4n) is 1.73. The summed E-state index contributed by atoms with van der Waals surface area (Å²) < 4.78 is 0. The molecule has 1 saturated carbocycles. The number of rotatable bonds is 4. The lowest BCUT2D eigenvalue weighted by Crippen LogP contribution is -2.27. The molecule has 0 amide bonds. The van der Waals surface area contributed by atoms with Crippen LogP contribution >= 0.6 is 0 Å². The Kier molecular flexibility index (Phi) is 3.57. The lowest BCUT2D eigenvalue weighted by atomic mass is 9.78. The molecule has 2 atom stereocenters. The molecular weight excluding hydrogens is 148 g/mol. The molecular formula is C11H22O. The van der Waals surface area contributed by atoms with Crippen molar-refractivity contribution in [3.63, 3.8) is 0 Å². The average Bonchev–Trinajstić information content (AvgIpc) is 1.94. The van der Waals surface area contributed by atoms with Gasteiger partial charge in [0, 0.05) is 0 Å². The minimum absolute atomic E-state index is 0.0599. The second kappa shape index (κ2) is 4.27. The van der Waals surface area contributed by atoms with E-state index in [4.69, 9.17) is 0 Å². The van der Waals surface area contributed by atoms with Crippen LogP contribution < -0.4 is 0 Å². The molecule has 0 aromatic heterocycles. The highest BCUT2D eigenvalue weighted by atomic mass is 16.3. The van der Waals surface area contributed by atoms with Gasteiger partial charge in [-0.25, -0.2) is 0 Å². The van der Waals surface area contributed by atoms with E-state index in [2.05, 4.69) is 20.8 Å². The predicted octanol–water partition coefficient (Wildman–Crippen LogP) is 2.83. The van der Waals surface area contributed by atoms with Gasteiger partial charge in [0.2, 0.25) is 0 Å². The summed E-state index contributed by atoms with van der Waals surface area (Å²) in [6.07, 6.45) is 5.06. The predicted molar refractivity (Wildman–Crippen MR) is 52.0 cm³/mol. The summed E-state index contributed by atoms with van der Waals surface area (Å²) in [7, 11) is 0. The Bertz CT molecular complexity index is 127. The Morgan fingerprint density at radius 1 is 1.25 bits per heavy atom. The van der Waals surface area contributed by atoms with Crippen molar-refractivity contribution < 1.29 is 5.11 Å². The highest BCUT2D eigenvalue weighted by molar-refractivity contribution is 4.76. The van der Waals surface area contributed by atoms with E-state index in [1.54, 1.807) is 0 Å². The summed E-state index contributed by atoms with van der Waals surface area (Å²) in [6.45, 7) is 6.54. The van der Waals surface area contributed by atoms with Crippen molar-refractivity contribution in [2.45, 2.75) is 52.6 Å². The Morgan fingerprint density at radius 2 is 1.83 bits per heavy atom. The quantitative estimate of drug-likeness (QED) is 0.688. The Labute approximate surface area is 76.2 Å². The van der Waals surface area contributed by atoms with E-state index < -0.39 is 0 Å². The van der Waals surface area contributed by atoms with Gasteiger partial charge in [-0.1, -0.05) is 40.0 Å². The second-order valence-electron chi connectivity index (χ2n) is 4.70. The van der Waals surface area contributed by atoms with Crippen molar-refractivity contribution in [3.05, 3.63) is 0 Å². The van der Waals surface area contributed by atoms with E-state index in [9.17, 15) is 5.11 Å². The van der Waals surface area contributed by atoms with Crippen molar-refractivity contribution in [1.29, 1.82) is 0 Å². The van der Waals surface area contributed by atoms with Crippen LogP contribution in [0.15, 0.2) is 0 Å². The Balaban J connectivity index is 2.21. The highest BCUT2D eigenvalue weighted by Crippen LogP contribution is 2.32. The largest absolute Gasteiger partial charge is 0.393 e. The smallest absolute Gasteiger partial charge is 0.0570 e. The van der Waals surface area contributed by atoms with Gasteiger partial charge >= 0.3 is 0 Å². The molecule has 72 valence electrons. The number of hydrogen-bond donors (Lipinski definition) is 1. The number of aliphatic hydroxyl groups excluding tert-OH is 1. The Morgan fingerprint density at radius 3 is 2.17 bits per heavy atom. The first-order chi connectivity index (χ1) is 5.61. The fraction of sp³-hybridized carbons (Fsp3) is 1.00. The molecule has 0 bridgehead atoms. The van der Waals surface area contributed by atoms with Gasteiger partial charge in [0.15, 0.2) is 0 Å². The van der Waals surface area contributed by atoms with Gasteiger partial charge in [-0.2, -0.15) is 0 Å². The first-order valence-corrected chi connectivity index (χ1v) is 5.29. The summed E-state index contributed by atoms with van der Waals surface area (Å²) in [5, 5.41) is 9.82. The van der Waals surface area contributed by atoms with Crippen molar-refractivity contribution in [2.24, 2.45) is 17.8 Å². The molecule has 0 aromatic carbocycles. The molecule has 1 N–H and O–H groups in total. The van der Waals surface area contributed by atoms with Gasteiger partial charge < -0.3 is 5.11 Å². The zero-order valence-electron chi connectivity index (χ0n) is 8.59. The zero-order valence-corrected chi connectivity index (χ0v) is 8.59. The van der Waals surface area contributed by atoms with Crippen LogP contribution in [0.2, 0.25) is 0 Å². The maximum absolute atomic E-state index is 9.82. The summed E-state index contributed by atoms with van der Waals surface area (Å²) in [4.78, 5) is 0. The summed E-state index contributed by atoms with van der Waals surface area (Å²) in [5.74, 6) is 1.91. The van der Waals surface area contributed by atoms with E-state index in [1.807, 2.05) is 0 Å². The average molecular weight is 170 g/mol. The van der Waals surface area contributed by atoms with E-state index in [-0.39, 0.29) is 6.10 Å². The van der Waals surface area contributed by atoms with Crippen molar-refractivity contribution in [2.75, 3.05) is 0 Å². The van der Waals surface area contributed by atoms with Gasteiger partial charge in [-0.05, 0) is 24.2 Å². The van der Waals surface area contributed by atoms with Gasteiger partial charge in [0.25, 0.3) is 0 Å². The molecule has 0 saturated heterocycles. The molecule has 0 heterocycles. The van der Waals surface area contributed by atoms with Crippen molar-refractivity contribution >= 4 is 0 Å². The highest BCUT2D eigenvalue weighted by Gasteiger charge is 2.25. The number of hydrogen-bond acceptors (Lipinski definition) is 1. The van der Waals surface area contributed by atoms with Crippen molar-refractivity contribution in [3.8, 4) is 0 Å². The third-order valence-electron chi connectivity index (χ3n) is 3.46. The van der Waals surface area contributed by atoms with Gasteiger partial charge in [0.05, 0.1) is 6.10 Å². The molecule has 1 heteroatoms. The topological polar surface area (TPSA) is 20.2 Å². The standard InChI is InChI=1S/C11H22O/c1-8(2)9(3)11(12)7-10-5-4-6-10/h8-12H,4-7H2,1-3H3. The molecule has 0 spiro atoms. The van der Waals surface area contributed by atoms with Gasteiger partial charge in [-0.3, -0.25) is 0 Å². The number of aliphatic hydroxyl groups is 1. The molecule has 0 radical (unpaired) electrons. The maximum atomic E-state index is 9.82. The molecule has 1 nitrogen and oxygen atoms in total. The fourth-order valence-corrected chi connectivity index (χ4v) is 1.73. The maximum Gasteiger partial charge on any atom is 0.0570 e. The molecule has 1 aliphatic rings. The minimum atomic E-state index is -0.0599. The van der Waals surface area contributed by atoms with Gasteiger partial charge in [-0.15, -0.1) is 0 Å². The van der Waals surface area contributed by atoms with Crippen LogP contribution in [0.4, 0.5) is 0 Å². The van der Waals surface area contributed by atoms with Crippen LogP contribution in [0, 0.1) is 17.8 Å². The lowest BCUT2D eigenvalue weighted by Gasteiger charge is -2.31. The first-order valence-electron chi connectivity index (χ1n) is 5.29. The van der Waals surface area contributed by atoms with E-state index >= 15 is 0 Å². The van der Waals surface area contributed by atoms with Crippen LogP contribution in [0.25, 0.3) is 0 Å². The zero-order chi connectivity index (χ0) is 9.14. The molecule has 0 aliphatic heterocycles. The third-order valence-corrected chi connectivity index (χ3v) is 3.46. The second-order valence-corrected chi connectivity index (χ2v) is 4.70. The van der Waals surface area contributed by atoms with Crippen LogP contribution in [0.5, 0.6) is 0 Å².